The zero-order valence-electron chi connectivity index (χ0n) is 13.4. The summed E-state index contributed by atoms with van der Waals surface area (Å²) in [5.74, 6) is -1.37. The van der Waals surface area contributed by atoms with Crippen LogP contribution in [0.1, 0.15) is 6.42 Å². The molecule has 1 fully saturated rings. The van der Waals surface area contributed by atoms with Gasteiger partial charge in [-0.2, -0.15) is 0 Å². The Bertz CT molecular complexity index is 503. The topological polar surface area (TPSA) is 61.8 Å². The van der Waals surface area contributed by atoms with Crippen LogP contribution in [0.3, 0.4) is 0 Å². The Morgan fingerprint density at radius 1 is 1.13 bits per heavy atom. The van der Waals surface area contributed by atoms with Gasteiger partial charge in [-0.15, -0.1) is 0 Å². The molecule has 1 saturated heterocycles. The molecule has 0 amide bonds. The van der Waals surface area contributed by atoms with Gasteiger partial charge in [0.2, 0.25) is 0 Å². The Hall–Kier alpha value is -1.36. The van der Waals surface area contributed by atoms with E-state index in [4.69, 9.17) is 14.2 Å². The Kier molecular flexibility index (Phi) is 7.09. The summed E-state index contributed by atoms with van der Waals surface area (Å²) in [4.78, 5) is 23.7. The van der Waals surface area contributed by atoms with Crippen molar-refractivity contribution in [3.8, 4) is 0 Å². The van der Waals surface area contributed by atoms with Crippen LogP contribution in [-0.4, -0.2) is 54.3 Å². The predicted molar refractivity (Wildman–Crippen MR) is 86.6 cm³/mol. The second kappa shape index (κ2) is 9.06. The molecule has 1 aliphatic rings. The summed E-state index contributed by atoms with van der Waals surface area (Å²) in [6.45, 7) is 1.27. The average molecular weight is 385 g/mol. The van der Waals surface area contributed by atoms with E-state index in [9.17, 15) is 9.59 Å². The van der Waals surface area contributed by atoms with E-state index in [0.717, 1.165) is 5.32 Å². The van der Waals surface area contributed by atoms with E-state index in [0.29, 0.717) is 40.5 Å². The van der Waals surface area contributed by atoms with Crippen molar-refractivity contribution in [1.29, 1.82) is 0 Å². The fraction of sp³-hybridized carbons (Fsp3) is 0.529. The SMILES string of the molecule is COC(=O)C(C[C@H]1COC[C@@H]1C[Se]c1ccccc1)C(=O)OC. The maximum atomic E-state index is 11.8. The number of benzene rings is 1. The van der Waals surface area contributed by atoms with Gasteiger partial charge in [-0.3, -0.25) is 0 Å². The van der Waals surface area contributed by atoms with Gasteiger partial charge in [-0.05, 0) is 0 Å². The van der Waals surface area contributed by atoms with Gasteiger partial charge in [0.25, 0.3) is 0 Å². The summed E-state index contributed by atoms with van der Waals surface area (Å²) >= 11 is 0.365. The molecule has 1 aliphatic heterocycles. The third-order valence-corrected chi connectivity index (χ3v) is 6.57. The Balaban J connectivity index is 1.94. The number of carbonyl (C=O) groups excluding carboxylic acids is 2. The summed E-state index contributed by atoms with van der Waals surface area (Å²) < 4.78 is 16.4. The molecule has 0 unspecified atom stereocenters. The number of rotatable bonds is 7. The molecule has 0 aromatic heterocycles. The first-order valence-electron chi connectivity index (χ1n) is 7.57. The van der Waals surface area contributed by atoms with Gasteiger partial charge < -0.3 is 0 Å². The van der Waals surface area contributed by atoms with Gasteiger partial charge in [0.15, 0.2) is 0 Å². The molecule has 0 saturated carbocycles. The summed E-state index contributed by atoms with van der Waals surface area (Å²) in [5.41, 5.74) is 0. The monoisotopic (exact) mass is 386 g/mol. The molecular formula is C17H22O5Se. The molecule has 5 nitrogen and oxygen atoms in total. The van der Waals surface area contributed by atoms with Crippen molar-refractivity contribution in [2.24, 2.45) is 17.8 Å². The zero-order chi connectivity index (χ0) is 16.7. The summed E-state index contributed by atoms with van der Waals surface area (Å²) in [5, 5.41) is 1.04. The zero-order valence-corrected chi connectivity index (χ0v) is 15.1. The van der Waals surface area contributed by atoms with Gasteiger partial charge in [0.05, 0.1) is 0 Å². The first-order valence-corrected chi connectivity index (χ1v) is 9.63. The number of methoxy groups -OCH3 is 2. The van der Waals surface area contributed by atoms with Crippen LogP contribution in [0.4, 0.5) is 0 Å². The normalized spacial score (nSPS) is 20.5. The fourth-order valence-electron chi connectivity index (χ4n) is 2.68. The van der Waals surface area contributed by atoms with Crippen LogP contribution >= 0.6 is 0 Å². The van der Waals surface area contributed by atoms with Crippen molar-refractivity contribution in [1.82, 2.24) is 0 Å². The number of hydrogen-bond acceptors (Lipinski definition) is 5. The van der Waals surface area contributed by atoms with Crippen LogP contribution in [0.25, 0.3) is 0 Å². The summed E-state index contributed by atoms with van der Waals surface area (Å²) in [6.07, 6.45) is 0.425. The molecule has 0 spiro atoms. The molecule has 0 N–H and O–H groups in total. The first-order chi connectivity index (χ1) is 11.2. The molecule has 0 radical (unpaired) electrons. The van der Waals surface area contributed by atoms with E-state index in [-0.39, 0.29) is 5.92 Å². The number of hydrogen-bond donors (Lipinski definition) is 0. The van der Waals surface area contributed by atoms with E-state index in [1.165, 1.54) is 18.7 Å². The van der Waals surface area contributed by atoms with Gasteiger partial charge in [0, 0.05) is 0 Å². The van der Waals surface area contributed by atoms with Gasteiger partial charge in [-0.1, -0.05) is 0 Å². The molecule has 0 aliphatic carbocycles. The van der Waals surface area contributed by atoms with Crippen molar-refractivity contribution in [2.45, 2.75) is 11.7 Å². The van der Waals surface area contributed by atoms with Crippen LogP contribution in [0.5, 0.6) is 0 Å². The second-order valence-electron chi connectivity index (χ2n) is 5.52. The minimum absolute atomic E-state index is 0.184. The average Bonchev–Trinajstić information content (AvgIpc) is 3.04. The van der Waals surface area contributed by atoms with Crippen LogP contribution in [0.2, 0.25) is 5.32 Å². The van der Waals surface area contributed by atoms with Gasteiger partial charge in [0.1, 0.15) is 0 Å². The minimum atomic E-state index is -0.858. The maximum absolute atomic E-state index is 11.8. The molecule has 1 heterocycles. The van der Waals surface area contributed by atoms with Crippen LogP contribution in [0.15, 0.2) is 30.3 Å². The van der Waals surface area contributed by atoms with Crippen LogP contribution in [0, 0.1) is 17.8 Å². The van der Waals surface area contributed by atoms with E-state index >= 15 is 0 Å². The number of esters is 2. The third-order valence-electron chi connectivity index (χ3n) is 4.05. The second-order valence-corrected chi connectivity index (χ2v) is 7.81. The first kappa shape index (κ1) is 18.0. The van der Waals surface area contributed by atoms with Crippen molar-refractivity contribution in [2.75, 3.05) is 27.4 Å². The van der Waals surface area contributed by atoms with Crippen LogP contribution in [-0.2, 0) is 23.8 Å². The number of ether oxygens (including phenoxy) is 3. The Morgan fingerprint density at radius 3 is 2.35 bits per heavy atom. The number of carbonyl (C=O) groups is 2. The standard InChI is InChI=1S/C17H22O5Se/c1-20-16(18)15(17(19)21-2)8-12-9-22-10-13(12)11-23-14-6-4-3-5-7-14/h3-7,12-13,15H,8-11H2,1-2H3/t12-,13+/m0/s1. The van der Waals surface area contributed by atoms with Crippen molar-refractivity contribution in [3.05, 3.63) is 30.3 Å². The molecule has 23 heavy (non-hydrogen) atoms. The van der Waals surface area contributed by atoms with E-state index in [1.807, 2.05) is 18.2 Å². The van der Waals surface area contributed by atoms with Crippen LogP contribution < -0.4 is 4.46 Å². The van der Waals surface area contributed by atoms with Crippen molar-refractivity contribution in [3.63, 3.8) is 0 Å². The fourth-order valence-corrected chi connectivity index (χ4v) is 5.04. The van der Waals surface area contributed by atoms with E-state index in [1.54, 1.807) is 0 Å². The van der Waals surface area contributed by atoms with Gasteiger partial charge in [-0.25, -0.2) is 0 Å². The Morgan fingerprint density at radius 2 is 1.74 bits per heavy atom. The van der Waals surface area contributed by atoms with E-state index in [2.05, 4.69) is 12.1 Å². The summed E-state index contributed by atoms with van der Waals surface area (Å²) in [7, 11) is 2.58. The van der Waals surface area contributed by atoms with Gasteiger partial charge >= 0.3 is 142 Å². The molecule has 1 aromatic carbocycles. The Labute approximate surface area is 142 Å². The van der Waals surface area contributed by atoms with Crippen molar-refractivity contribution < 1.29 is 23.8 Å². The quantitative estimate of drug-likeness (QED) is 0.399. The molecule has 6 heteroatoms. The molecular weight excluding hydrogens is 363 g/mol. The predicted octanol–water partition coefficient (Wildman–Crippen LogP) is 1.05. The molecule has 1 aromatic rings. The summed E-state index contributed by atoms with van der Waals surface area (Å²) in [6, 6.07) is 10.4. The third kappa shape index (κ3) is 5.06. The van der Waals surface area contributed by atoms with E-state index < -0.39 is 17.9 Å². The molecule has 2 rings (SSSR count). The van der Waals surface area contributed by atoms with Crippen molar-refractivity contribution >= 4 is 31.4 Å². The molecule has 126 valence electrons. The molecule has 2 atom stereocenters. The molecule has 0 bridgehead atoms.